The van der Waals surface area contributed by atoms with Gasteiger partial charge in [-0.15, -0.1) is 24.0 Å². The zero-order valence-electron chi connectivity index (χ0n) is 21.0. The normalized spacial score (nSPS) is 12.4. The number of H-pyrrole nitrogens is 1. The molecule has 23 heteroatoms. The van der Waals surface area contributed by atoms with Gasteiger partial charge < -0.3 is 0 Å². The van der Waals surface area contributed by atoms with Crippen molar-refractivity contribution in [3.05, 3.63) is 48.4 Å². The molecule has 2 aromatic carbocycles. The first kappa shape index (κ1) is 29.2. The molecule has 0 aliphatic carbocycles. The van der Waals surface area contributed by atoms with Crippen LogP contribution in [0.5, 0.6) is 0 Å². The third-order valence-electron chi connectivity index (χ3n) is 5.52. The summed E-state index contributed by atoms with van der Waals surface area (Å²) in [6.07, 6.45) is 1.43. The summed E-state index contributed by atoms with van der Waals surface area (Å²) >= 11 is 2.67. The van der Waals surface area contributed by atoms with Crippen molar-refractivity contribution in [3.8, 4) is 16.5 Å². The van der Waals surface area contributed by atoms with Crippen molar-refractivity contribution in [1.82, 2.24) is 39.6 Å². The van der Waals surface area contributed by atoms with Crippen molar-refractivity contribution in [3.63, 3.8) is 0 Å². The van der Waals surface area contributed by atoms with Crippen LogP contribution in [0, 0.1) is 6.92 Å². The van der Waals surface area contributed by atoms with Crippen LogP contribution in [0.3, 0.4) is 0 Å². The van der Waals surface area contributed by atoms with Gasteiger partial charge in [0.05, 0.1) is 44.9 Å². The topological polar surface area (TPSA) is 246 Å². The van der Waals surface area contributed by atoms with Crippen molar-refractivity contribution in [2.45, 2.75) is 21.6 Å². The number of aromatic nitrogens is 8. The lowest BCUT2D eigenvalue weighted by Crippen LogP contribution is -2.00. The van der Waals surface area contributed by atoms with Gasteiger partial charge in [-0.25, -0.2) is 15.5 Å². The number of nitrogens with one attached hydrogen (secondary N) is 1. The second-order valence-corrected chi connectivity index (χ2v) is 12.2. The molecular formula is C20H14N10O9S4. The van der Waals surface area contributed by atoms with Gasteiger partial charge >= 0.3 is 0 Å². The van der Waals surface area contributed by atoms with Crippen molar-refractivity contribution < 1.29 is 42.2 Å². The van der Waals surface area contributed by atoms with E-state index in [9.17, 15) is 13.0 Å². The molecule has 0 aliphatic rings. The van der Waals surface area contributed by atoms with Crippen LogP contribution in [-0.2, 0) is 28.9 Å². The van der Waals surface area contributed by atoms with E-state index in [1.165, 1.54) is 39.0 Å². The second kappa shape index (κ2) is 12.0. The predicted molar refractivity (Wildman–Crippen MR) is 147 cm³/mol. The Balaban J connectivity index is 1.28. The minimum atomic E-state index is -4.60. The quantitative estimate of drug-likeness (QED) is 0.0479. The maximum Gasteiger partial charge on any atom is 0.294 e. The summed E-state index contributed by atoms with van der Waals surface area (Å²) in [5, 5.41) is 48.6. The standard InChI is InChI=1S/C20H14N10O9S4/c1-9-16(18-25-24-17(30(18)27-9)10-4-12(42-39-37-32)6-13(5-10)43(33,34)35)23-26-19-21-8-29(28-19)20-22-14-3-2-11(41-38-36-31)7-15(14)40-20/h2-8,25,31-32H,1H3,(H,33,34,35). The van der Waals surface area contributed by atoms with Gasteiger partial charge in [0.2, 0.25) is 5.13 Å². The van der Waals surface area contributed by atoms with Gasteiger partial charge in [0, 0.05) is 15.4 Å². The Hall–Kier alpha value is -3.88. The number of thiazole rings is 1. The van der Waals surface area contributed by atoms with E-state index in [1.54, 1.807) is 25.1 Å². The van der Waals surface area contributed by atoms with Gasteiger partial charge in [0.15, 0.2) is 17.2 Å². The summed E-state index contributed by atoms with van der Waals surface area (Å²) in [5.74, 6) is 0.211. The number of hydrogen-bond donors (Lipinski definition) is 4. The molecule has 6 aromatic rings. The van der Waals surface area contributed by atoms with Gasteiger partial charge in [0.25, 0.3) is 16.1 Å². The smallest absolute Gasteiger partial charge is 0.282 e. The van der Waals surface area contributed by atoms with E-state index in [0.717, 1.165) is 22.8 Å². The average Bonchev–Trinajstić information content (AvgIpc) is 3.77. The molecule has 43 heavy (non-hydrogen) atoms. The van der Waals surface area contributed by atoms with Crippen molar-refractivity contribution in [2.75, 3.05) is 0 Å². The third kappa shape index (κ3) is 6.12. The van der Waals surface area contributed by atoms with E-state index in [4.69, 9.17) is 10.5 Å². The van der Waals surface area contributed by atoms with Gasteiger partial charge in [-0.1, -0.05) is 21.4 Å². The van der Waals surface area contributed by atoms with E-state index in [-0.39, 0.29) is 22.2 Å². The lowest BCUT2D eigenvalue weighted by atomic mass is 10.2. The Morgan fingerprint density at radius 2 is 1.81 bits per heavy atom. The molecule has 0 spiro atoms. The number of azo groups is 1. The molecular weight excluding hydrogens is 653 g/mol. The van der Waals surface area contributed by atoms with Crippen LogP contribution in [-0.4, -0.2) is 63.0 Å². The number of rotatable bonds is 11. The van der Waals surface area contributed by atoms with Gasteiger partial charge in [-0.05, 0) is 43.3 Å². The van der Waals surface area contributed by atoms with Crippen LogP contribution in [0.2, 0.25) is 0 Å². The van der Waals surface area contributed by atoms with Gasteiger partial charge in [-0.3, -0.25) is 9.65 Å². The lowest BCUT2D eigenvalue weighted by molar-refractivity contribution is -0.432. The fourth-order valence-corrected chi connectivity index (χ4v) is 6.25. The Labute approximate surface area is 251 Å². The van der Waals surface area contributed by atoms with Crippen molar-refractivity contribution >= 4 is 73.0 Å². The molecule has 6 rings (SSSR count). The van der Waals surface area contributed by atoms with Crippen LogP contribution in [0.25, 0.3) is 32.4 Å². The molecule has 4 heterocycles. The van der Waals surface area contributed by atoms with Crippen LogP contribution in [0.15, 0.2) is 67.6 Å². The van der Waals surface area contributed by atoms with E-state index in [1.807, 2.05) is 0 Å². The molecule has 0 bridgehead atoms. The highest BCUT2D eigenvalue weighted by Crippen LogP contribution is 2.33. The fourth-order valence-electron chi connectivity index (χ4n) is 3.77. The zero-order valence-corrected chi connectivity index (χ0v) is 24.3. The summed E-state index contributed by atoms with van der Waals surface area (Å²) in [6, 6.07) is 9.10. The van der Waals surface area contributed by atoms with Gasteiger partial charge in [-0.2, -0.15) is 32.8 Å². The predicted octanol–water partition coefficient (Wildman–Crippen LogP) is 4.74. The van der Waals surface area contributed by atoms with Gasteiger partial charge in [0.1, 0.15) is 6.33 Å². The number of aryl methyl sites for hydroxylation is 1. The highest BCUT2D eigenvalue weighted by atomic mass is 32.2. The summed E-state index contributed by atoms with van der Waals surface area (Å²) in [4.78, 5) is 9.09. The van der Waals surface area contributed by atoms with E-state index >= 15 is 0 Å². The Bertz CT molecular complexity index is 2090. The SMILES string of the molecule is Cc1nn2c(-c3cc(SOOO)cc(S(=O)(=O)O)c3)n[nH]c2c1N=Nc1ncn(-c2nc3ccc(SOOO)cc3s2)n1. The lowest BCUT2D eigenvalue weighted by Gasteiger charge is -2.05. The van der Waals surface area contributed by atoms with Crippen molar-refractivity contribution in [2.24, 2.45) is 10.2 Å². The highest BCUT2D eigenvalue weighted by Gasteiger charge is 2.20. The summed E-state index contributed by atoms with van der Waals surface area (Å²) in [7, 11) is -4.60. The number of benzene rings is 2. The molecule has 19 nitrogen and oxygen atoms in total. The first-order valence-corrected chi connectivity index (χ1v) is 15.1. The number of hydrogen-bond acceptors (Lipinski definition) is 18. The van der Waals surface area contributed by atoms with E-state index < -0.39 is 15.0 Å². The highest BCUT2D eigenvalue weighted by molar-refractivity contribution is 7.94. The molecule has 0 radical (unpaired) electrons. The van der Waals surface area contributed by atoms with Crippen LogP contribution < -0.4 is 0 Å². The summed E-state index contributed by atoms with van der Waals surface area (Å²) in [6.45, 7) is 1.68. The Kier molecular flexibility index (Phi) is 8.16. The Morgan fingerprint density at radius 3 is 2.58 bits per heavy atom. The van der Waals surface area contributed by atoms with Crippen LogP contribution in [0.4, 0.5) is 11.6 Å². The Morgan fingerprint density at radius 1 is 1.02 bits per heavy atom. The minimum absolute atomic E-state index is 0.0381. The molecule has 0 atom stereocenters. The maximum atomic E-state index is 11.8. The maximum absolute atomic E-state index is 11.8. The molecule has 0 amide bonds. The molecule has 0 unspecified atom stereocenters. The van der Waals surface area contributed by atoms with Crippen LogP contribution >= 0.6 is 35.4 Å². The molecule has 4 aromatic heterocycles. The molecule has 0 saturated carbocycles. The second-order valence-electron chi connectivity index (χ2n) is 8.18. The summed E-state index contributed by atoms with van der Waals surface area (Å²) in [5.41, 5.74) is 2.03. The van der Waals surface area contributed by atoms with E-state index in [2.05, 4.69) is 59.3 Å². The average molecular weight is 667 g/mol. The van der Waals surface area contributed by atoms with E-state index in [0.29, 0.717) is 44.6 Å². The minimum Gasteiger partial charge on any atom is -0.282 e. The zero-order chi connectivity index (χ0) is 30.1. The molecule has 0 fully saturated rings. The number of nitrogens with zero attached hydrogens (tertiary/aromatic N) is 9. The summed E-state index contributed by atoms with van der Waals surface area (Å²) < 4.78 is 45.7. The third-order valence-corrected chi connectivity index (χ3v) is 8.49. The first-order chi connectivity index (χ1) is 20.7. The molecule has 222 valence electrons. The fraction of sp³-hybridized carbons (Fsp3) is 0.0500. The number of aromatic amines is 1. The number of fused-ring (bicyclic) bond motifs is 2. The first-order valence-electron chi connectivity index (χ1n) is 11.3. The molecule has 0 saturated heterocycles. The van der Waals surface area contributed by atoms with Crippen LogP contribution in [0.1, 0.15) is 5.69 Å². The molecule has 0 aliphatic heterocycles. The largest absolute Gasteiger partial charge is 0.294 e. The molecule has 4 N–H and O–H groups in total. The monoisotopic (exact) mass is 666 g/mol. The van der Waals surface area contributed by atoms with Crippen molar-refractivity contribution in [1.29, 1.82) is 0 Å².